The molecule has 3 heterocycles. The quantitative estimate of drug-likeness (QED) is 0.236. The number of carbonyl (C=O) groups excluding carboxylic acids is 2. The summed E-state index contributed by atoms with van der Waals surface area (Å²) in [6.45, 7) is 11.3. The lowest BCUT2D eigenvalue weighted by atomic mass is 9.84. The molecule has 3 N–H and O–H groups in total. The number of carbonyl (C=O) groups is 2. The van der Waals surface area contributed by atoms with Crippen molar-refractivity contribution in [3.8, 4) is 0 Å². The van der Waals surface area contributed by atoms with Gasteiger partial charge in [0.05, 0.1) is 37.1 Å². The largest absolute Gasteiger partial charge is 0.459 e. The Morgan fingerprint density at radius 2 is 1.50 bits per heavy atom. The fourth-order valence-electron chi connectivity index (χ4n) is 7.37. The maximum absolute atomic E-state index is 13.3. The Balaban J connectivity index is 1.84. The molecule has 0 radical (unpaired) electrons. The van der Waals surface area contributed by atoms with Gasteiger partial charge in [-0.25, -0.2) is 4.79 Å². The maximum Gasteiger partial charge on any atom is 0.330 e. The summed E-state index contributed by atoms with van der Waals surface area (Å²) >= 11 is 0. The summed E-state index contributed by atoms with van der Waals surface area (Å²) in [5.74, 6) is -1.51. The highest BCUT2D eigenvalue weighted by molar-refractivity contribution is 5.82. The summed E-state index contributed by atoms with van der Waals surface area (Å²) in [5.41, 5.74) is 0. The first-order chi connectivity index (χ1) is 23.6. The van der Waals surface area contributed by atoms with E-state index in [0.29, 0.717) is 25.7 Å². The van der Waals surface area contributed by atoms with Crippen molar-refractivity contribution in [3.05, 3.63) is 24.3 Å². The van der Waals surface area contributed by atoms with Gasteiger partial charge in [0.2, 0.25) is 0 Å². The zero-order valence-electron chi connectivity index (χ0n) is 31.5. The number of hydrogen-bond donors (Lipinski definition) is 3. The lowest BCUT2D eigenvalue weighted by Crippen LogP contribution is -2.63. The normalized spacial score (nSPS) is 44.1. The van der Waals surface area contributed by atoms with Crippen molar-refractivity contribution in [3.63, 3.8) is 0 Å². The first kappa shape index (κ1) is 42.6. The molecule has 2 fully saturated rings. The van der Waals surface area contributed by atoms with E-state index in [1.54, 1.807) is 38.9 Å². The van der Waals surface area contributed by atoms with Crippen LogP contribution in [0, 0.1) is 23.7 Å². The van der Waals surface area contributed by atoms with Crippen LogP contribution in [0.2, 0.25) is 0 Å². The number of likely N-dealkylation sites (N-methyl/N-ethyl adjacent to an activating group) is 1. The number of allylic oxidation sites excluding steroid dienone is 1. The molecule has 0 aliphatic carbocycles. The molecular formula is C37H63NO12. The van der Waals surface area contributed by atoms with Crippen LogP contribution in [0.3, 0.4) is 0 Å². The Morgan fingerprint density at radius 3 is 2.12 bits per heavy atom. The zero-order chi connectivity index (χ0) is 37.3. The molecule has 2 saturated heterocycles. The molecule has 3 aliphatic rings. The van der Waals surface area contributed by atoms with Crippen LogP contribution in [0.5, 0.6) is 0 Å². The van der Waals surface area contributed by atoms with Gasteiger partial charge in [-0.2, -0.15) is 0 Å². The summed E-state index contributed by atoms with van der Waals surface area (Å²) in [6, 6.07) is -0.607. The third kappa shape index (κ3) is 10.9. The van der Waals surface area contributed by atoms with E-state index < -0.39 is 79.5 Å². The summed E-state index contributed by atoms with van der Waals surface area (Å²) in [5, 5.41) is 32.5. The molecule has 3 rings (SSSR count). The monoisotopic (exact) mass is 713 g/mol. The highest BCUT2D eigenvalue weighted by Crippen LogP contribution is 2.32. The molecule has 0 aromatic carbocycles. The van der Waals surface area contributed by atoms with Crippen molar-refractivity contribution in [1.82, 2.24) is 4.90 Å². The molecule has 16 atom stereocenters. The third-order valence-electron chi connectivity index (χ3n) is 10.4. The maximum atomic E-state index is 13.3. The Morgan fingerprint density at radius 1 is 0.860 bits per heavy atom. The summed E-state index contributed by atoms with van der Waals surface area (Å²) in [6.07, 6.45) is 0.439. The van der Waals surface area contributed by atoms with E-state index in [-0.39, 0.29) is 36.1 Å². The molecule has 0 saturated carbocycles. The van der Waals surface area contributed by atoms with Gasteiger partial charge in [0.25, 0.3) is 0 Å². The first-order valence-corrected chi connectivity index (χ1v) is 18.1. The molecule has 288 valence electrons. The first-order valence-electron chi connectivity index (χ1n) is 18.1. The third-order valence-corrected chi connectivity index (χ3v) is 10.4. The van der Waals surface area contributed by atoms with E-state index >= 15 is 0 Å². The minimum Gasteiger partial charge on any atom is -0.459 e. The number of aliphatic hydroxyl groups excluding tert-OH is 3. The second-order valence-electron chi connectivity index (χ2n) is 14.5. The molecule has 0 aromatic heterocycles. The molecule has 0 bridgehead atoms. The predicted octanol–water partition coefficient (Wildman–Crippen LogP) is 2.63. The standard InChI is InChI=1S/C37H63NO12/c1-11-27-25(19-46-37-35(45-10)34(44-9)31(42)24(6)48-37)14-12-13-15-26(39)21(3)18-22(4)33(20(2)16-17-28(40)49-27)50-36-32(43)29(38(7)8)30(41)23(5)47-36/h12,14,16-17,20-25,27,29-37,41-43H,11,13,15,18-19H2,1-10H3/b14-12+,17-16-/t20?,21?,22?,23-,24-,25?,27?,29+,30-,31-,32-,33?,34-,35-,36+,37-/m1/s1. The lowest BCUT2D eigenvalue weighted by Gasteiger charge is -2.46. The second-order valence-corrected chi connectivity index (χ2v) is 14.5. The summed E-state index contributed by atoms with van der Waals surface area (Å²) in [7, 11) is 6.56. The minimum atomic E-state index is -1.13. The van der Waals surface area contributed by atoms with Crippen molar-refractivity contribution >= 4 is 11.8 Å². The minimum absolute atomic E-state index is 0.120. The zero-order valence-corrected chi connectivity index (χ0v) is 31.5. The van der Waals surface area contributed by atoms with Gasteiger partial charge in [-0.15, -0.1) is 0 Å². The number of ketones is 1. The Bertz CT molecular complexity index is 1120. The Hall–Kier alpha value is -1.78. The van der Waals surface area contributed by atoms with Crippen molar-refractivity contribution in [2.24, 2.45) is 23.7 Å². The van der Waals surface area contributed by atoms with Crippen molar-refractivity contribution in [2.75, 3.05) is 34.9 Å². The molecule has 0 amide bonds. The number of rotatable bonds is 9. The number of Topliss-reactive ketones (excluding diaryl/α,β-unsaturated/α-hetero) is 1. The van der Waals surface area contributed by atoms with Gasteiger partial charge in [0, 0.05) is 44.5 Å². The van der Waals surface area contributed by atoms with E-state index in [2.05, 4.69) is 0 Å². The van der Waals surface area contributed by atoms with Crippen LogP contribution in [-0.4, -0.2) is 140 Å². The van der Waals surface area contributed by atoms with Gasteiger partial charge in [0.15, 0.2) is 12.6 Å². The fraction of sp³-hybridized carbons (Fsp3) is 0.838. The topological polar surface area (TPSA) is 163 Å². The van der Waals surface area contributed by atoms with E-state index in [1.807, 2.05) is 39.8 Å². The molecule has 13 heteroatoms. The number of aliphatic hydroxyl groups is 3. The van der Waals surface area contributed by atoms with Gasteiger partial charge < -0.3 is 53.4 Å². The Labute approximate surface area is 298 Å². The highest BCUT2D eigenvalue weighted by Gasteiger charge is 2.47. The van der Waals surface area contributed by atoms with Crippen molar-refractivity contribution in [2.45, 2.75) is 141 Å². The van der Waals surface area contributed by atoms with Crippen LogP contribution in [0.25, 0.3) is 0 Å². The van der Waals surface area contributed by atoms with Gasteiger partial charge >= 0.3 is 5.97 Å². The van der Waals surface area contributed by atoms with Gasteiger partial charge in [-0.3, -0.25) is 4.79 Å². The van der Waals surface area contributed by atoms with Crippen LogP contribution in [-0.2, 0) is 42.7 Å². The van der Waals surface area contributed by atoms with E-state index in [0.717, 1.165) is 0 Å². The molecule has 13 nitrogen and oxygen atoms in total. The van der Waals surface area contributed by atoms with E-state index in [9.17, 15) is 24.9 Å². The van der Waals surface area contributed by atoms with Crippen molar-refractivity contribution < 1.29 is 58.1 Å². The summed E-state index contributed by atoms with van der Waals surface area (Å²) < 4.78 is 41.7. The number of nitrogens with zero attached hydrogens (tertiary/aromatic N) is 1. The molecular weight excluding hydrogens is 650 g/mol. The van der Waals surface area contributed by atoms with Crippen LogP contribution >= 0.6 is 0 Å². The average molecular weight is 714 g/mol. The van der Waals surface area contributed by atoms with Crippen molar-refractivity contribution in [1.29, 1.82) is 0 Å². The number of esters is 1. The molecule has 50 heavy (non-hydrogen) atoms. The smallest absolute Gasteiger partial charge is 0.330 e. The molecule has 0 aromatic rings. The number of ether oxygens (including phenoxy) is 7. The fourth-order valence-corrected chi connectivity index (χ4v) is 7.37. The average Bonchev–Trinajstić information content (AvgIpc) is 3.07. The molecule has 3 aliphatic heterocycles. The van der Waals surface area contributed by atoms with E-state index in [1.165, 1.54) is 20.3 Å². The van der Waals surface area contributed by atoms with Crippen LogP contribution in [0.15, 0.2) is 24.3 Å². The highest BCUT2D eigenvalue weighted by atomic mass is 16.7. The van der Waals surface area contributed by atoms with Gasteiger partial charge in [0.1, 0.15) is 36.3 Å². The SMILES string of the molecule is CCC1OC(=O)/C=C\C(C)C(O[C@@H]2O[C@H](C)[C@@H](O)[C@H](N(C)C)[C@H]2O)C(C)CC(C)C(=O)CC/C=C/C1CO[C@@H]1O[C@H](C)[C@@H](O)[C@@H](OC)[C@H]1OC. The second kappa shape index (κ2) is 19.9. The number of methoxy groups -OCH3 is 2. The van der Waals surface area contributed by atoms with E-state index in [4.69, 9.17) is 33.2 Å². The summed E-state index contributed by atoms with van der Waals surface area (Å²) in [4.78, 5) is 28.3. The van der Waals surface area contributed by atoms with Gasteiger partial charge in [-0.05, 0) is 53.1 Å². The van der Waals surface area contributed by atoms with Crippen LogP contribution in [0.1, 0.15) is 67.2 Å². The van der Waals surface area contributed by atoms with Crippen LogP contribution in [0.4, 0.5) is 0 Å². The van der Waals surface area contributed by atoms with Gasteiger partial charge in [-0.1, -0.05) is 45.9 Å². The Kier molecular flexibility index (Phi) is 17.0. The number of cyclic esters (lactones) is 1. The lowest BCUT2D eigenvalue weighted by molar-refractivity contribution is -0.304. The van der Waals surface area contributed by atoms with Crippen LogP contribution < -0.4 is 0 Å². The predicted molar refractivity (Wildman–Crippen MR) is 185 cm³/mol. The molecule has 0 spiro atoms. The molecule has 6 unspecified atom stereocenters. The number of hydrogen-bond acceptors (Lipinski definition) is 13.